The Morgan fingerprint density at radius 3 is 2.35 bits per heavy atom. The van der Waals surface area contributed by atoms with Crippen LogP contribution in [-0.4, -0.2) is 14.2 Å². The Morgan fingerprint density at radius 2 is 1.82 bits per heavy atom. The number of rotatable bonds is 4. The van der Waals surface area contributed by atoms with Gasteiger partial charge in [0.15, 0.2) is 0 Å². The van der Waals surface area contributed by atoms with Crippen LogP contribution in [0.3, 0.4) is 0 Å². The topological polar surface area (TPSA) is 46.2 Å². The van der Waals surface area contributed by atoms with E-state index in [0.29, 0.717) is 12.1 Å². The van der Waals surface area contributed by atoms with Crippen LogP contribution in [0.25, 0.3) is 0 Å². The zero-order valence-electron chi connectivity index (χ0n) is 10.3. The summed E-state index contributed by atoms with van der Waals surface area (Å²) in [5.41, 5.74) is 0.681. The van der Waals surface area contributed by atoms with E-state index in [1.165, 1.54) is 0 Å². The maximum atomic E-state index is 11.9. The Labute approximate surface area is 117 Å². The number of hydrogen-bond acceptors (Lipinski definition) is 2. The predicted molar refractivity (Wildman–Crippen MR) is 80.6 cm³/mol. The summed E-state index contributed by atoms with van der Waals surface area (Å²) in [6.07, 6.45) is 0.645. The Morgan fingerprint density at radius 1 is 1.24 bits per heavy atom. The van der Waals surface area contributed by atoms with E-state index in [4.69, 9.17) is 0 Å². The third-order valence-corrected chi connectivity index (χ3v) is 4.47. The Balaban J connectivity index is 2.71. The highest BCUT2D eigenvalue weighted by Crippen LogP contribution is 2.22. The molecule has 0 aliphatic carbocycles. The molecule has 0 bridgehead atoms. The highest BCUT2D eigenvalue weighted by atomic mass is 127. The van der Waals surface area contributed by atoms with Gasteiger partial charge in [0.2, 0.25) is 10.0 Å². The molecular formula is C12H18INO2S. The molecule has 0 saturated heterocycles. The average Bonchev–Trinajstić information content (AvgIpc) is 2.18. The van der Waals surface area contributed by atoms with Gasteiger partial charge < -0.3 is 0 Å². The van der Waals surface area contributed by atoms with Crippen LogP contribution in [0.15, 0.2) is 24.3 Å². The molecule has 0 heterocycles. The van der Waals surface area contributed by atoms with Crippen LogP contribution in [-0.2, 0) is 10.0 Å². The summed E-state index contributed by atoms with van der Waals surface area (Å²) in [4.78, 5) is 0. The quantitative estimate of drug-likeness (QED) is 0.829. The molecule has 1 aromatic carbocycles. The van der Waals surface area contributed by atoms with Gasteiger partial charge in [-0.25, -0.2) is 8.42 Å². The predicted octanol–water partition coefficient (Wildman–Crippen LogP) is 3.47. The van der Waals surface area contributed by atoms with Crippen molar-refractivity contribution in [3.63, 3.8) is 0 Å². The summed E-state index contributed by atoms with van der Waals surface area (Å²) < 4.78 is 27.3. The number of nitrogens with one attached hydrogen (secondary N) is 1. The molecule has 0 aliphatic heterocycles. The maximum absolute atomic E-state index is 11.9. The van der Waals surface area contributed by atoms with Crippen LogP contribution < -0.4 is 4.72 Å². The van der Waals surface area contributed by atoms with Gasteiger partial charge in [-0.15, -0.1) is 0 Å². The minimum Gasteiger partial charge on any atom is -0.282 e. The smallest absolute Gasteiger partial charge is 0.232 e. The standard InChI is InChI=1S/C12H18INO2S/c1-12(2,3)8-9-17(15,16)14-11-7-5-4-6-10(11)13/h4-7,14H,8-9H2,1-3H3. The van der Waals surface area contributed by atoms with Gasteiger partial charge in [-0.05, 0) is 46.6 Å². The molecule has 0 aromatic heterocycles. The zero-order chi connectivity index (χ0) is 13.1. The van der Waals surface area contributed by atoms with Gasteiger partial charge in [-0.3, -0.25) is 4.72 Å². The molecule has 96 valence electrons. The molecule has 0 spiro atoms. The summed E-state index contributed by atoms with van der Waals surface area (Å²) in [5, 5.41) is 0. The molecule has 1 aromatic rings. The first-order valence-electron chi connectivity index (χ1n) is 5.45. The lowest BCUT2D eigenvalue weighted by molar-refractivity contribution is 0.397. The van der Waals surface area contributed by atoms with E-state index < -0.39 is 10.0 Å². The lowest BCUT2D eigenvalue weighted by Crippen LogP contribution is -2.21. The van der Waals surface area contributed by atoms with Crippen molar-refractivity contribution in [1.29, 1.82) is 0 Å². The van der Waals surface area contributed by atoms with Crippen molar-refractivity contribution in [1.82, 2.24) is 0 Å². The third kappa shape index (κ3) is 5.72. The van der Waals surface area contributed by atoms with Gasteiger partial charge in [0.1, 0.15) is 0 Å². The van der Waals surface area contributed by atoms with Crippen molar-refractivity contribution in [2.45, 2.75) is 27.2 Å². The minimum atomic E-state index is -3.25. The van der Waals surface area contributed by atoms with Crippen LogP contribution in [0.5, 0.6) is 0 Å². The van der Waals surface area contributed by atoms with Crippen molar-refractivity contribution in [2.75, 3.05) is 10.5 Å². The Hall–Kier alpha value is -0.300. The first-order valence-corrected chi connectivity index (χ1v) is 8.18. The lowest BCUT2D eigenvalue weighted by Gasteiger charge is -2.18. The molecule has 1 rings (SSSR count). The summed E-state index contributed by atoms with van der Waals surface area (Å²) >= 11 is 2.12. The van der Waals surface area contributed by atoms with Crippen molar-refractivity contribution < 1.29 is 8.42 Å². The number of hydrogen-bond donors (Lipinski definition) is 1. The third-order valence-electron chi connectivity index (χ3n) is 2.26. The lowest BCUT2D eigenvalue weighted by atomic mass is 9.94. The van der Waals surface area contributed by atoms with Crippen LogP contribution in [0, 0.1) is 8.99 Å². The molecule has 5 heteroatoms. The van der Waals surface area contributed by atoms with E-state index in [-0.39, 0.29) is 11.2 Å². The fourth-order valence-corrected chi connectivity index (χ4v) is 3.40. The van der Waals surface area contributed by atoms with E-state index in [9.17, 15) is 8.42 Å². The normalized spacial score (nSPS) is 12.5. The van der Waals surface area contributed by atoms with E-state index in [2.05, 4.69) is 27.3 Å². The van der Waals surface area contributed by atoms with Gasteiger partial charge >= 0.3 is 0 Å². The second-order valence-corrected chi connectivity index (χ2v) is 8.22. The van der Waals surface area contributed by atoms with Crippen LogP contribution in [0.2, 0.25) is 0 Å². The van der Waals surface area contributed by atoms with Crippen molar-refractivity contribution in [3.8, 4) is 0 Å². The largest absolute Gasteiger partial charge is 0.282 e. The molecule has 0 amide bonds. The number of anilines is 1. The first-order chi connectivity index (χ1) is 7.70. The fourth-order valence-electron chi connectivity index (χ4n) is 1.20. The number of sulfonamides is 1. The molecule has 0 atom stereocenters. The van der Waals surface area contributed by atoms with Crippen molar-refractivity contribution in [3.05, 3.63) is 27.8 Å². The van der Waals surface area contributed by atoms with Gasteiger partial charge in [0, 0.05) is 3.57 Å². The van der Waals surface area contributed by atoms with Crippen molar-refractivity contribution >= 4 is 38.3 Å². The molecule has 3 nitrogen and oxygen atoms in total. The molecule has 1 N–H and O–H groups in total. The molecular weight excluding hydrogens is 349 g/mol. The molecule has 0 radical (unpaired) electrons. The summed E-state index contributed by atoms with van der Waals surface area (Å²) in [6, 6.07) is 7.36. The van der Waals surface area contributed by atoms with E-state index >= 15 is 0 Å². The van der Waals surface area contributed by atoms with Gasteiger partial charge in [0.25, 0.3) is 0 Å². The Bertz CT molecular complexity index is 478. The maximum Gasteiger partial charge on any atom is 0.232 e. The summed E-state index contributed by atoms with van der Waals surface area (Å²) in [7, 11) is -3.25. The van der Waals surface area contributed by atoms with Gasteiger partial charge in [-0.1, -0.05) is 32.9 Å². The average molecular weight is 367 g/mol. The fraction of sp³-hybridized carbons (Fsp3) is 0.500. The highest BCUT2D eigenvalue weighted by Gasteiger charge is 2.17. The second kappa shape index (κ2) is 5.56. The van der Waals surface area contributed by atoms with Gasteiger partial charge in [-0.2, -0.15) is 0 Å². The van der Waals surface area contributed by atoms with Gasteiger partial charge in [0.05, 0.1) is 11.4 Å². The first kappa shape index (κ1) is 14.8. The second-order valence-electron chi connectivity index (χ2n) is 5.21. The minimum absolute atomic E-state index is 0.0264. The van der Waals surface area contributed by atoms with Crippen LogP contribution in [0.4, 0.5) is 5.69 Å². The van der Waals surface area contributed by atoms with Crippen LogP contribution >= 0.6 is 22.6 Å². The molecule has 17 heavy (non-hydrogen) atoms. The molecule has 0 saturated carbocycles. The molecule has 0 unspecified atom stereocenters. The molecule has 0 aliphatic rings. The van der Waals surface area contributed by atoms with E-state index in [1.807, 2.05) is 39.0 Å². The highest BCUT2D eigenvalue weighted by molar-refractivity contribution is 14.1. The van der Waals surface area contributed by atoms with E-state index in [1.54, 1.807) is 6.07 Å². The van der Waals surface area contributed by atoms with E-state index in [0.717, 1.165) is 3.57 Å². The number of benzene rings is 1. The monoisotopic (exact) mass is 367 g/mol. The summed E-state index contributed by atoms with van der Waals surface area (Å²) in [5.74, 6) is 0.154. The number of para-hydroxylation sites is 1. The van der Waals surface area contributed by atoms with Crippen molar-refractivity contribution in [2.24, 2.45) is 5.41 Å². The Kier molecular flexibility index (Phi) is 4.83. The zero-order valence-corrected chi connectivity index (χ0v) is 13.3. The summed E-state index contributed by atoms with van der Waals surface area (Å²) in [6.45, 7) is 6.11. The molecule has 0 fully saturated rings. The van der Waals surface area contributed by atoms with Crippen LogP contribution in [0.1, 0.15) is 27.2 Å². The number of halogens is 1. The SMILES string of the molecule is CC(C)(C)CCS(=O)(=O)Nc1ccccc1I.